The van der Waals surface area contributed by atoms with Crippen molar-refractivity contribution in [1.82, 2.24) is 0 Å². The van der Waals surface area contributed by atoms with Crippen molar-refractivity contribution in [3.8, 4) is 5.75 Å². The van der Waals surface area contributed by atoms with Crippen molar-refractivity contribution in [3.63, 3.8) is 0 Å². The van der Waals surface area contributed by atoms with Gasteiger partial charge in [-0.1, -0.05) is 48.9 Å². The van der Waals surface area contributed by atoms with Crippen LogP contribution >= 0.6 is 23.2 Å². The van der Waals surface area contributed by atoms with Crippen LogP contribution in [0.15, 0.2) is 6.07 Å². The van der Waals surface area contributed by atoms with Crippen molar-refractivity contribution < 1.29 is 9.90 Å². The Morgan fingerprint density at radius 1 is 1.37 bits per heavy atom. The second-order valence-electron chi connectivity index (χ2n) is 5.38. The highest BCUT2D eigenvalue weighted by Gasteiger charge is 2.20. The lowest BCUT2D eigenvalue weighted by Crippen LogP contribution is -2.08. The molecule has 1 aromatic carbocycles. The summed E-state index contributed by atoms with van der Waals surface area (Å²) >= 11 is 12.0. The monoisotopic (exact) mass is 300 g/mol. The second kappa shape index (κ2) is 6.15. The molecule has 1 aliphatic rings. The Labute approximate surface area is 123 Å². The van der Waals surface area contributed by atoms with E-state index in [0.29, 0.717) is 28.5 Å². The molecule has 0 atom stereocenters. The van der Waals surface area contributed by atoms with Crippen LogP contribution < -0.4 is 0 Å². The van der Waals surface area contributed by atoms with Crippen molar-refractivity contribution >= 4 is 29.0 Å². The molecule has 0 saturated heterocycles. The first kappa shape index (κ1) is 14.7. The number of aromatic hydroxyl groups is 1. The fourth-order valence-corrected chi connectivity index (χ4v) is 3.21. The van der Waals surface area contributed by atoms with Crippen LogP contribution in [0.25, 0.3) is 0 Å². The van der Waals surface area contributed by atoms with Gasteiger partial charge in [0.15, 0.2) is 0 Å². The summed E-state index contributed by atoms with van der Waals surface area (Å²) in [6.07, 6.45) is 5.56. The smallest absolute Gasteiger partial charge is 0.138 e. The highest BCUT2D eigenvalue weighted by atomic mass is 35.5. The van der Waals surface area contributed by atoms with Crippen molar-refractivity contribution in [2.24, 2.45) is 5.92 Å². The summed E-state index contributed by atoms with van der Waals surface area (Å²) in [5, 5.41) is 10.7. The third-order valence-electron chi connectivity index (χ3n) is 3.88. The first-order valence-electron chi connectivity index (χ1n) is 6.67. The van der Waals surface area contributed by atoms with Gasteiger partial charge in [-0.15, -0.1) is 0 Å². The average molecular weight is 301 g/mol. The highest BCUT2D eigenvalue weighted by molar-refractivity contribution is 6.37. The maximum absolute atomic E-state index is 12.0. The van der Waals surface area contributed by atoms with Gasteiger partial charge < -0.3 is 5.11 Å². The molecular formula is C15H18Cl2O2. The Balaban J connectivity index is 2.08. The zero-order valence-electron chi connectivity index (χ0n) is 11.0. The van der Waals surface area contributed by atoms with Crippen molar-refractivity contribution in [2.45, 2.75) is 45.4 Å². The summed E-state index contributed by atoms with van der Waals surface area (Å²) < 4.78 is 0. The Hall–Kier alpha value is -0.730. The zero-order chi connectivity index (χ0) is 14.0. The SMILES string of the molecule is Cc1c(Cl)cc(CC(=O)CC2CCCC2)c(O)c1Cl. The summed E-state index contributed by atoms with van der Waals surface area (Å²) in [5.41, 5.74) is 1.18. The van der Waals surface area contributed by atoms with E-state index in [1.54, 1.807) is 13.0 Å². The number of phenols is 1. The molecule has 0 aromatic heterocycles. The molecule has 4 heteroatoms. The predicted molar refractivity (Wildman–Crippen MR) is 78.1 cm³/mol. The van der Waals surface area contributed by atoms with E-state index < -0.39 is 0 Å². The molecule has 2 rings (SSSR count). The first-order valence-corrected chi connectivity index (χ1v) is 7.42. The van der Waals surface area contributed by atoms with Gasteiger partial charge in [-0.25, -0.2) is 0 Å². The summed E-state index contributed by atoms with van der Waals surface area (Å²) in [7, 11) is 0. The van der Waals surface area contributed by atoms with E-state index in [9.17, 15) is 9.90 Å². The fraction of sp³-hybridized carbons (Fsp3) is 0.533. The first-order chi connectivity index (χ1) is 8.99. The number of halogens is 2. The lowest BCUT2D eigenvalue weighted by Gasteiger charge is -2.11. The number of benzene rings is 1. The van der Waals surface area contributed by atoms with Gasteiger partial charge in [-0.2, -0.15) is 0 Å². The van der Waals surface area contributed by atoms with Crippen LogP contribution in [0.1, 0.15) is 43.2 Å². The molecule has 0 aliphatic heterocycles. The number of hydrogen-bond acceptors (Lipinski definition) is 2. The third-order valence-corrected chi connectivity index (χ3v) is 4.73. The molecular weight excluding hydrogens is 283 g/mol. The number of rotatable bonds is 4. The molecule has 1 N–H and O–H groups in total. The summed E-state index contributed by atoms with van der Waals surface area (Å²) in [6.45, 7) is 1.74. The quantitative estimate of drug-likeness (QED) is 0.875. The van der Waals surface area contributed by atoms with Gasteiger partial charge in [0.1, 0.15) is 11.5 Å². The van der Waals surface area contributed by atoms with Gasteiger partial charge in [0.25, 0.3) is 0 Å². The maximum Gasteiger partial charge on any atom is 0.138 e. The molecule has 0 radical (unpaired) electrons. The van der Waals surface area contributed by atoms with E-state index in [4.69, 9.17) is 23.2 Å². The molecule has 0 amide bonds. The molecule has 2 nitrogen and oxygen atoms in total. The highest BCUT2D eigenvalue weighted by Crippen LogP contribution is 2.36. The molecule has 1 aromatic rings. The van der Waals surface area contributed by atoms with E-state index in [1.807, 2.05) is 0 Å². The van der Waals surface area contributed by atoms with Gasteiger partial charge >= 0.3 is 0 Å². The Morgan fingerprint density at radius 3 is 2.63 bits per heavy atom. The summed E-state index contributed by atoms with van der Waals surface area (Å²) in [6, 6.07) is 1.64. The molecule has 0 bridgehead atoms. The standard InChI is InChI=1S/C15H18Cl2O2/c1-9-13(16)8-11(15(19)14(9)17)7-12(18)6-10-4-2-3-5-10/h8,10,19H,2-7H2,1H3. The molecule has 19 heavy (non-hydrogen) atoms. The van der Waals surface area contributed by atoms with Crippen LogP contribution in [0.5, 0.6) is 5.75 Å². The van der Waals surface area contributed by atoms with Crippen molar-refractivity contribution in [3.05, 3.63) is 27.2 Å². The summed E-state index contributed by atoms with van der Waals surface area (Å²) in [4.78, 5) is 12.0. The van der Waals surface area contributed by atoms with Crippen LogP contribution in [0.2, 0.25) is 10.0 Å². The van der Waals surface area contributed by atoms with Gasteiger partial charge in [-0.3, -0.25) is 4.79 Å². The summed E-state index contributed by atoms with van der Waals surface area (Å²) in [5.74, 6) is 0.660. The third kappa shape index (κ3) is 3.43. The second-order valence-corrected chi connectivity index (χ2v) is 6.16. The lowest BCUT2D eigenvalue weighted by atomic mass is 9.96. The van der Waals surface area contributed by atoms with Gasteiger partial charge in [0.05, 0.1) is 5.02 Å². The molecule has 1 saturated carbocycles. The van der Waals surface area contributed by atoms with Gasteiger partial charge in [0, 0.05) is 23.4 Å². The van der Waals surface area contributed by atoms with Crippen molar-refractivity contribution in [1.29, 1.82) is 0 Å². The Morgan fingerprint density at radius 2 is 2.00 bits per heavy atom. The lowest BCUT2D eigenvalue weighted by molar-refractivity contribution is -0.119. The molecule has 104 valence electrons. The van der Waals surface area contributed by atoms with Crippen LogP contribution in [0.4, 0.5) is 0 Å². The minimum absolute atomic E-state index is 0.0108. The van der Waals surface area contributed by atoms with Crippen LogP contribution in [-0.4, -0.2) is 10.9 Å². The van der Waals surface area contributed by atoms with E-state index in [0.717, 1.165) is 12.8 Å². The maximum atomic E-state index is 12.0. The van der Waals surface area contributed by atoms with Gasteiger partial charge in [-0.05, 0) is 24.5 Å². The minimum atomic E-state index is -0.0108. The number of carbonyl (C=O) groups is 1. The van der Waals surface area contributed by atoms with Crippen LogP contribution in [0, 0.1) is 12.8 Å². The number of ketones is 1. The van der Waals surface area contributed by atoms with Crippen LogP contribution in [-0.2, 0) is 11.2 Å². The topological polar surface area (TPSA) is 37.3 Å². The fourth-order valence-electron chi connectivity index (χ4n) is 2.71. The van der Waals surface area contributed by atoms with E-state index in [1.165, 1.54) is 12.8 Å². The number of hydrogen-bond donors (Lipinski definition) is 1. The molecule has 1 aliphatic carbocycles. The van der Waals surface area contributed by atoms with E-state index in [-0.39, 0.29) is 23.0 Å². The van der Waals surface area contributed by atoms with Crippen LogP contribution in [0.3, 0.4) is 0 Å². The molecule has 1 fully saturated rings. The number of phenolic OH excluding ortho intramolecular Hbond substituents is 1. The Kier molecular flexibility index (Phi) is 4.75. The normalized spacial score (nSPS) is 15.9. The Bertz CT molecular complexity index is 491. The number of Topliss-reactive ketones (excluding diaryl/α,β-unsaturated/α-hetero) is 1. The van der Waals surface area contributed by atoms with Gasteiger partial charge in [0.2, 0.25) is 0 Å². The number of carbonyl (C=O) groups excluding carboxylic acids is 1. The largest absolute Gasteiger partial charge is 0.506 e. The molecule has 0 spiro atoms. The molecule has 0 unspecified atom stereocenters. The van der Waals surface area contributed by atoms with E-state index in [2.05, 4.69) is 0 Å². The zero-order valence-corrected chi connectivity index (χ0v) is 12.5. The van der Waals surface area contributed by atoms with Crippen molar-refractivity contribution in [2.75, 3.05) is 0 Å². The van der Waals surface area contributed by atoms with E-state index >= 15 is 0 Å². The average Bonchev–Trinajstić information content (AvgIpc) is 2.86. The molecule has 0 heterocycles. The minimum Gasteiger partial charge on any atom is -0.506 e. The predicted octanol–water partition coefficient (Wildman–Crippen LogP) is 4.70.